The van der Waals surface area contributed by atoms with Crippen molar-refractivity contribution in [2.45, 2.75) is 37.7 Å². The van der Waals surface area contributed by atoms with Gasteiger partial charge in [-0.2, -0.15) is 24.9 Å². The van der Waals surface area contributed by atoms with E-state index in [4.69, 9.17) is 5.73 Å². The van der Waals surface area contributed by atoms with Crippen LogP contribution in [0, 0.1) is 0 Å². The van der Waals surface area contributed by atoms with E-state index in [0.29, 0.717) is 17.2 Å². The van der Waals surface area contributed by atoms with Crippen LogP contribution in [0.15, 0.2) is 24.3 Å². The molecular weight excluding hydrogens is 259 g/mol. The first kappa shape index (κ1) is 15.4. The predicted octanol–water partition coefficient (Wildman–Crippen LogP) is 3.72. The van der Waals surface area contributed by atoms with Crippen LogP contribution < -0.4 is 5.73 Å². The second-order valence-electron chi connectivity index (χ2n) is 4.54. The number of benzene rings is 1. The molecule has 0 aliphatic heterocycles. The zero-order chi connectivity index (χ0) is 13.8. The quantitative estimate of drug-likeness (QED) is 0.887. The van der Waals surface area contributed by atoms with Crippen LogP contribution in [0.2, 0.25) is 0 Å². The SMILES string of the molecule is CC(C)SCC(N)Cc1cccc(C(F)(F)F)c1. The van der Waals surface area contributed by atoms with Crippen molar-refractivity contribution >= 4 is 11.8 Å². The lowest BCUT2D eigenvalue weighted by atomic mass is 10.0. The van der Waals surface area contributed by atoms with E-state index in [9.17, 15) is 13.2 Å². The van der Waals surface area contributed by atoms with E-state index in [1.54, 1.807) is 17.8 Å². The molecule has 0 fully saturated rings. The van der Waals surface area contributed by atoms with Crippen molar-refractivity contribution in [2.24, 2.45) is 5.73 Å². The molecule has 1 unspecified atom stereocenters. The molecule has 2 N–H and O–H groups in total. The van der Waals surface area contributed by atoms with E-state index in [-0.39, 0.29) is 6.04 Å². The highest BCUT2D eigenvalue weighted by Crippen LogP contribution is 2.29. The molecule has 1 rings (SSSR count). The molecule has 0 bridgehead atoms. The number of halogens is 3. The number of thioether (sulfide) groups is 1. The van der Waals surface area contributed by atoms with Gasteiger partial charge in [0.25, 0.3) is 0 Å². The van der Waals surface area contributed by atoms with Crippen molar-refractivity contribution in [1.82, 2.24) is 0 Å². The minimum absolute atomic E-state index is 0.110. The molecule has 0 amide bonds. The first-order chi connectivity index (χ1) is 8.29. The summed E-state index contributed by atoms with van der Waals surface area (Å²) in [7, 11) is 0. The number of alkyl halides is 3. The van der Waals surface area contributed by atoms with Crippen LogP contribution in [0.4, 0.5) is 13.2 Å². The fourth-order valence-electron chi connectivity index (χ4n) is 1.55. The van der Waals surface area contributed by atoms with E-state index < -0.39 is 11.7 Å². The minimum atomic E-state index is -4.28. The van der Waals surface area contributed by atoms with Crippen LogP contribution in [0.1, 0.15) is 25.0 Å². The van der Waals surface area contributed by atoms with E-state index in [1.165, 1.54) is 12.1 Å². The van der Waals surface area contributed by atoms with Crippen LogP contribution in [-0.4, -0.2) is 17.0 Å². The first-order valence-electron chi connectivity index (χ1n) is 5.82. The third-order valence-corrected chi connectivity index (χ3v) is 3.68. The Morgan fingerprint density at radius 3 is 2.50 bits per heavy atom. The molecule has 5 heteroatoms. The second kappa shape index (κ2) is 6.48. The summed E-state index contributed by atoms with van der Waals surface area (Å²) in [5.41, 5.74) is 5.94. The summed E-state index contributed by atoms with van der Waals surface area (Å²) in [6.07, 6.45) is -3.81. The molecular formula is C13H18F3NS. The highest BCUT2D eigenvalue weighted by atomic mass is 32.2. The summed E-state index contributed by atoms with van der Waals surface area (Å²) < 4.78 is 37.6. The van der Waals surface area contributed by atoms with Gasteiger partial charge >= 0.3 is 6.18 Å². The summed E-state index contributed by atoms with van der Waals surface area (Å²) in [4.78, 5) is 0. The van der Waals surface area contributed by atoms with Crippen molar-refractivity contribution in [3.8, 4) is 0 Å². The number of hydrogen-bond donors (Lipinski definition) is 1. The average Bonchev–Trinajstić information content (AvgIpc) is 2.25. The third-order valence-electron chi connectivity index (χ3n) is 2.40. The van der Waals surface area contributed by atoms with Gasteiger partial charge in [-0.1, -0.05) is 32.0 Å². The van der Waals surface area contributed by atoms with Crippen LogP contribution in [0.3, 0.4) is 0 Å². The number of hydrogen-bond acceptors (Lipinski definition) is 2. The third kappa shape index (κ3) is 5.31. The van der Waals surface area contributed by atoms with Gasteiger partial charge in [0, 0.05) is 11.8 Å². The summed E-state index contributed by atoms with van der Waals surface area (Å²) in [6.45, 7) is 4.14. The van der Waals surface area contributed by atoms with Gasteiger partial charge in [0.1, 0.15) is 0 Å². The monoisotopic (exact) mass is 277 g/mol. The van der Waals surface area contributed by atoms with E-state index in [0.717, 1.165) is 11.8 Å². The Morgan fingerprint density at radius 1 is 1.28 bits per heavy atom. The van der Waals surface area contributed by atoms with Crippen LogP contribution in [0.5, 0.6) is 0 Å². The molecule has 102 valence electrons. The Hall–Kier alpha value is -0.680. The predicted molar refractivity (Wildman–Crippen MR) is 70.7 cm³/mol. The van der Waals surface area contributed by atoms with E-state index in [1.807, 2.05) is 0 Å². The maximum absolute atomic E-state index is 12.5. The van der Waals surface area contributed by atoms with Gasteiger partial charge in [-0.3, -0.25) is 0 Å². The van der Waals surface area contributed by atoms with Crippen LogP contribution in [0.25, 0.3) is 0 Å². The minimum Gasteiger partial charge on any atom is -0.327 e. The van der Waals surface area contributed by atoms with Crippen molar-refractivity contribution < 1.29 is 13.2 Å². The topological polar surface area (TPSA) is 26.0 Å². The molecule has 0 aliphatic carbocycles. The van der Waals surface area contributed by atoms with Gasteiger partial charge in [-0.15, -0.1) is 0 Å². The molecule has 1 atom stereocenters. The average molecular weight is 277 g/mol. The summed E-state index contributed by atoms with van der Waals surface area (Å²) in [6, 6.07) is 5.27. The summed E-state index contributed by atoms with van der Waals surface area (Å²) >= 11 is 1.72. The summed E-state index contributed by atoms with van der Waals surface area (Å²) in [5.74, 6) is 0.758. The molecule has 0 saturated carbocycles. The molecule has 0 aliphatic rings. The standard InChI is InChI=1S/C13H18F3NS/c1-9(2)18-8-12(17)7-10-4-3-5-11(6-10)13(14,15)16/h3-6,9,12H,7-8,17H2,1-2H3. The Bertz CT molecular complexity index is 377. The lowest BCUT2D eigenvalue weighted by Gasteiger charge is -2.14. The second-order valence-corrected chi connectivity index (χ2v) is 6.15. The van der Waals surface area contributed by atoms with Crippen molar-refractivity contribution in [1.29, 1.82) is 0 Å². The summed E-state index contributed by atoms with van der Waals surface area (Å²) in [5, 5.41) is 0.484. The Morgan fingerprint density at radius 2 is 1.94 bits per heavy atom. The van der Waals surface area contributed by atoms with Gasteiger partial charge in [-0.05, 0) is 23.3 Å². The molecule has 0 aromatic heterocycles. The van der Waals surface area contributed by atoms with Gasteiger partial charge in [0.05, 0.1) is 5.56 Å². The zero-order valence-corrected chi connectivity index (χ0v) is 11.3. The molecule has 0 saturated heterocycles. The van der Waals surface area contributed by atoms with Crippen molar-refractivity contribution in [3.63, 3.8) is 0 Å². The fourth-order valence-corrected chi connectivity index (χ4v) is 2.30. The van der Waals surface area contributed by atoms with Crippen molar-refractivity contribution in [3.05, 3.63) is 35.4 Å². The van der Waals surface area contributed by atoms with E-state index >= 15 is 0 Å². The maximum Gasteiger partial charge on any atom is 0.416 e. The highest BCUT2D eigenvalue weighted by Gasteiger charge is 2.30. The molecule has 18 heavy (non-hydrogen) atoms. The van der Waals surface area contributed by atoms with Crippen molar-refractivity contribution in [2.75, 3.05) is 5.75 Å². The van der Waals surface area contributed by atoms with E-state index in [2.05, 4.69) is 13.8 Å². The highest BCUT2D eigenvalue weighted by molar-refractivity contribution is 7.99. The van der Waals surface area contributed by atoms with Crippen LogP contribution in [-0.2, 0) is 12.6 Å². The van der Waals surface area contributed by atoms with Gasteiger partial charge in [0.2, 0.25) is 0 Å². The molecule has 0 radical (unpaired) electrons. The lowest BCUT2D eigenvalue weighted by molar-refractivity contribution is -0.137. The molecule has 0 heterocycles. The van der Waals surface area contributed by atoms with Gasteiger partial charge in [0.15, 0.2) is 0 Å². The normalized spacial score (nSPS) is 13.9. The Balaban J connectivity index is 2.62. The number of nitrogens with two attached hydrogens (primary N) is 1. The molecule has 1 aromatic rings. The smallest absolute Gasteiger partial charge is 0.327 e. The Kier molecular flexibility index (Phi) is 5.53. The first-order valence-corrected chi connectivity index (χ1v) is 6.87. The molecule has 0 spiro atoms. The van der Waals surface area contributed by atoms with Gasteiger partial charge in [-0.25, -0.2) is 0 Å². The largest absolute Gasteiger partial charge is 0.416 e. The van der Waals surface area contributed by atoms with Gasteiger partial charge < -0.3 is 5.73 Å². The molecule has 1 nitrogen and oxygen atoms in total. The Labute approximate surface area is 110 Å². The maximum atomic E-state index is 12.5. The zero-order valence-electron chi connectivity index (χ0n) is 10.5. The fraction of sp³-hybridized carbons (Fsp3) is 0.538. The number of rotatable bonds is 5. The molecule has 1 aromatic carbocycles. The van der Waals surface area contributed by atoms with Crippen LogP contribution >= 0.6 is 11.8 Å². The lowest BCUT2D eigenvalue weighted by Crippen LogP contribution is -2.26.